The van der Waals surface area contributed by atoms with Gasteiger partial charge in [0.2, 0.25) is 0 Å². The fraction of sp³-hybridized carbons (Fsp3) is 0.571. The van der Waals surface area contributed by atoms with Crippen molar-refractivity contribution in [1.29, 1.82) is 0 Å². The van der Waals surface area contributed by atoms with Crippen molar-refractivity contribution in [3.8, 4) is 5.75 Å². The molecule has 3 nitrogen and oxygen atoms in total. The highest BCUT2D eigenvalue weighted by atomic mass is 16.5. The molecule has 1 aliphatic rings. The van der Waals surface area contributed by atoms with Crippen LogP contribution in [0.4, 0.5) is 5.69 Å². The molecule has 0 aromatic heterocycles. The molecule has 0 fully saturated rings. The topological polar surface area (TPSA) is 24.5 Å². The number of likely N-dealkylation sites (N-methyl/N-ethyl adjacent to an activating group) is 1. The summed E-state index contributed by atoms with van der Waals surface area (Å²) < 4.78 is 5.51. The Morgan fingerprint density at radius 3 is 2.82 bits per heavy atom. The van der Waals surface area contributed by atoms with Gasteiger partial charge in [-0.05, 0) is 33.0 Å². The molecule has 0 bridgehead atoms. The van der Waals surface area contributed by atoms with E-state index in [1.807, 2.05) is 7.05 Å². The van der Waals surface area contributed by atoms with Gasteiger partial charge in [0, 0.05) is 36.3 Å². The Hall–Kier alpha value is -1.22. The maximum Gasteiger partial charge on any atom is 0.124 e. The molecule has 1 atom stereocenters. The Morgan fingerprint density at radius 1 is 1.47 bits per heavy atom. The summed E-state index contributed by atoms with van der Waals surface area (Å²) in [4.78, 5) is 2.46. The summed E-state index contributed by atoms with van der Waals surface area (Å²) >= 11 is 0. The van der Waals surface area contributed by atoms with Crippen molar-refractivity contribution in [3.05, 3.63) is 23.8 Å². The Labute approximate surface area is 104 Å². The van der Waals surface area contributed by atoms with E-state index in [-0.39, 0.29) is 0 Å². The minimum Gasteiger partial charge on any atom is -0.496 e. The minimum absolute atomic E-state index is 0.522. The van der Waals surface area contributed by atoms with Crippen LogP contribution in [0.25, 0.3) is 0 Å². The highest BCUT2D eigenvalue weighted by Gasteiger charge is 2.32. The molecule has 94 valence electrons. The van der Waals surface area contributed by atoms with Crippen LogP contribution in [0.1, 0.15) is 25.3 Å². The van der Waals surface area contributed by atoms with Crippen molar-refractivity contribution in [2.45, 2.75) is 25.8 Å². The van der Waals surface area contributed by atoms with Crippen molar-refractivity contribution in [2.75, 3.05) is 32.1 Å². The van der Waals surface area contributed by atoms with Crippen molar-refractivity contribution >= 4 is 5.69 Å². The molecule has 1 aliphatic heterocycles. The molecule has 0 saturated carbocycles. The van der Waals surface area contributed by atoms with Gasteiger partial charge < -0.3 is 15.0 Å². The first kappa shape index (κ1) is 12.2. The number of methoxy groups -OCH3 is 1. The van der Waals surface area contributed by atoms with Crippen molar-refractivity contribution in [1.82, 2.24) is 5.32 Å². The number of nitrogens with zero attached hydrogens (tertiary/aromatic N) is 1. The van der Waals surface area contributed by atoms with Gasteiger partial charge >= 0.3 is 0 Å². The van der Waals surface area contributed by atoms with Gasteiger partial charge in [-0.2, -0.15) is 0 Å². The van der Waals surface area contributed by atoms with Crippen molar-refractivity contribution < 1.29 is 4.74 Å². The molecular weight excluding hydrogens is 212 g/mol. The maximum absolute atomic E-state index is 5.51. The van der Waals surface area contributed by atoms with Crippen LogP contribution in [0, 0.1) is 0 Å². The number of benzene rings is 1. The Kier molecular flexibility index (Phi) is 3.57. The van der Waals surface area contributed by atoms with Gasteiger partial charge in [0.05, 0.1) is 7.11 Å². The maximum atomic E-state index is 5.51. The first-order chi connectivity index (χ1) is 8.19. The van der Waals surface area contributed by atoms with Gasteiger partial charge in [-0.1, -0.05) is 6.07 Å². The SMILES string of the molecule is CNCC1CN(C(C)C)c2cccc(OC)c21. The molecule has 1 N–H and O–H groups in total. The van der Waals surface area contributed by atoms with Crippen LogP contribution in [-0.2, 0) is 0 Å². The van der Waals surface area contributed by atoms with Gasteiger partial charge in [0.1, 0.15) is 5.75 Å². The zero-order valence-electron chi connectivity index (χ0n) is 11.2. The number of rotatable bonds is 4. The number of nitrogens with one attached hydrogen (secondary N) is 1. The zero-order valence-corrected chi connectivity index (χ0v) is 11.2. The lowest BCUT2D eigenvalue weighted by atomic mass is 10.0. The second-order valence-electron chi connectivity index (χ2n) is 4.89. The third-order valence-electron chi connectivity index (χ3n) is 3.47. The second-order valence-corrected chi connectivity index (χ2v) is 4.89. The van der Waals surface area contributed by atoms with Crippen LogP contribution >= 0.6 is 0 Å². The zero-order chi connectivity index (χ0) is 12.4. The van der Waals surface area contributed by atoms with Crippen LogP contribution in [0.3, 0.4) is 0 Å². The van der Waals surface area contributed by atoms with Gasteiger partial charge in [0.15, 0.2) is 0 Å². The van der Waals surface area contributed by atoms with Crippen molar-refractivity contribution in [3.63, 3.8) is 0 Å². The first-order valence-corrected chi connectivity index (χ1v) is 6.27. The Bertz CT molecular complexity index is 390. The molecule has 0 spiro atoms. The summed E-state index contributed by atoms with van der Waals surface area (Å²) in [6.45, 7) is 6.56. The summed E-state index contributed by atoms with van der Waals surface area (Å²) in [5, 5.41) is 3.28. The highest BCUT2D eigenvalue weighted by molar-refractivity contribution is 5.66. The molecule has 0 aliphatic carbocycles. The lowest BCUT2D eigenvalue weighted by Crippen LogP contribution is -2.31. The number of ether oxygens (including phenoxy) is 1. The van der Waals surface area contributed by atoms with E-state index in [1.165, 1.54) is 11.3 Å². The van der Waals surface area contributed by atoms with E-state index in [2.05, 4.69) is 42.3 Å². The van der Waals surface area contributed by atoms with E-state index in [9.17, 15) is 0 Å². The molecule has 0 saturated heterocycles. The molecule has 1 aromatic rings. The predicted octanol–water partition coefficient (Wildman–Crippen LogP) is 2.23. The molecule has 0 radical (unpaired) electrons. The average molecular weight is 234 g/mol. The third kappa shape index (κ3) is 2.12. The van der Waals surface area contributed by atoms with E-state index in [0.717, 1.165) is 18.8 Å². The van der Waals surface area contributed by atoms with Gasteiger partial charge in [-0.3, -0.25) is 0 Å². The van der Waals surface area contributed by atoms with Crippen LogP contribution in [0.15, 0.2) is 18.2 Å². The fourth-order valence-electron chi connectivity index (χ4n) is 2.70. The van der Waals surface area contributed by atoms with Gasteiger partial charge in [-0.25, -0.2) is 0 Å². The first-order valence-electron chi connectivity index (χ1n) is 6.27. The molecular formula is C14H22N2O. The lowest BCUT2D eigenvalue weighted by Gasteiger charge is -2.24. The number of anilines is 1. The molecule has 1 unspecified atom stereocenters. The molecule has 0 amide bonds. The van der Waals surface area contributed by atoms with E-state index < -0.39 is 0 Å². The molecule has 2 rings (SSSR count). The molecule has 1 heterocycles. The standard InChI is InChI=1S/C14H22N2O/c1-10(2)16-9-11(8-15-3)14-12(16)6-5-7-13(14)17-4/h5-7,10-11,15H,8-9H2,1-4H3. The molecule has 17 heavy (non-hydrogen) atoms. The molecule has 1 aromatic carbocycles. The van der Waals surface area contributed by atoms with Crippen molar-refractivity contribution in [2.24, 2.45) is 0 Å². The van der Waals surface area contributed by atoms with Crippen LogP contribution in [0.2, 0.25) is 0 Å². The smallest absolute Gasteiger partial charge is 0.124 e. The highest BCUT2D eigenvalue weighted by Crippen LogP contribution is 2.42. The normalized spacial score (nSPS) is 18.6. The predicted molar refractivity (Wildman–Crippen MR) is 72.1 cm³/mol. The average Bonchev–Trinajstić information content (AvgIpc) is 2.69. The monoisotopic (exact) mass is 234 g/mol. The Balaban J connectivity index is 2.43. The summed E-state index contributed by atoms with van der Waals surface area (Å²) in [7, 11) is 3.76. The number of hydrogen-bond donors (Lipinski definition) is 1. The minimum atomic E-state index is 0.522. The second kappa shape index (κ2) is 4.96. The lowest BCUT2D eigenvalue weighted by molar-refractivity contribution is 0.407. The van der Waals surface area contributed by atoms with Crippen LogP contribution in [0.5, 0.6) is 5.75 Å². The number of hydrogen-bond acceptors (Lipinski definition) is 3. The summed E-state index contributed by atoms with van der Waals surface area (Å²) in [5.41, 5.74) is 2.69. The summed E-state index contributed by atoms with van der Waals surface area (Å²) in [6, 6.07) is 6.87. The van der Waals surface area contributed by atoms with E-state index in [4.69, 9.17) is 4.74 Å². The van der Waals surface area contributed by atoms with Gasteiger partial charge in [0.25, 0.3) is 0 Å². The van der Waals surface area contributed by atoms with E-state index >= 15 is 0 Å². The van der Waals surface area contributed by atoms with Crippen LogP contribution in [-0.4, -0.2) is 33.3 Å². The van der Waals surface area contributed by atoms with Gasteiger partial charge in [-0.15, -0.1) is 0 Å². The Morgan fingerprint density at radius 2 is 2.24 bits per heavy atom. The largest absolute Gasteiger partial charge is 0.496 e. The third-order valence-corrected chi connectivity index (χ3v) is 3.47. The van der Waals surface area contributed by atoms with E-state index in [1.54, 1.807) is 7.11 Å². The molecule has 3 heteroatoms. The van der Waals surface area contributed by atoms with E-state index in [0.29, 0.717) is 12.0 Å². The number of fused-ring (bicyclic) bond motifs is 1. The quantitative estimate of drug-likeness (QED) is 0.864. The van der Waals surface area contributed by atoms with Crippen LogP contribution < -0.4 is 15.0 Å². The fourth-order valence-corrected chi connectivity index (χ4v) is 2.70. The summed E-state index contributed by atoms with van der Waals surface area (Å²) in [6.07, 6.45) is 0. The summed E-state index contributed by atoms with van der Waals surface area (Å²) in [5.74, 6) is 1.54.